The van der Waals surface area contributed by atoms with Gasteiger partial charge in [-0.15, -0.1) is 11.3 Å². The summed E-state index contributed by atoms with van der Waals surface area (Å²) in [6.07, 6.45) is 5.90. The molecule has 2 amide bonds. The molecule has 0 bridgehead atoms. The number of carbonyl (C=O) groups excluding carboxylic acids is 2. The first-order valence-corrected chi connectivity index (χ1v) is 10.2. The average Bonchev–Trinajstić information content (AvgIpc) is 3.45. The normalized spacial score (nSPS) is 16.6. The summed E-state index contributed by atoms with van der Waals surface area (Å²) < 4.78 is 7.47. The standard InChI is InChI=1S/C20H21N5O3S/c26-19(20(27)24-11-12-28-16(14-24)17-2-1-13-29-17)22-18-6-10-25(23-18)9-5-15-3-7-21-8-4-15/h1-4,6-8,10,13,16H,5,9,11-12,14H2,(H,22,23,26). The third kappa shape index (κ3) is 4.87. The molecule has 0 spiro atoms. The van der Waals surface area contributed by atoms with Gasteiger partial charge in [0, 0.05) is 42.6 Å². The summed E-state index contributed by atoms with van der Waals surface area (Å²) in [6, 6.07) is 9.52. The number of anilines is 1. The highest BCUT2D eigenvalue weighted by atomic mass is 32.1. The second-order valence-corrected chi connectivity index (χ2v) is 7.63. The van der Waals surface area contributed by atoms with Crippen molar-refractivity contribution < 1.29 is 14.3 Å². The van der Waals surface area contributed by atoms with E-state index in [9.17, 15) is 9.59 Å². The Morgan fingerprint density at radius 3 is 2.90 bits per heavy atom. The summed E-state index contributed by atoms with van der Waals surface area (Å²) in [5, 5.41) is 8.89. The molecule has 1 aliphatic heterocycles. The van der Waals surface area contributed by atoms with E-state index in [0.29, 0.717) is 32.1 Å². The molecule has 8 nitrogen and oxygen atoms in total. The van der Waals surface area contributed by atoms with Gasteiger partial charge in [-0.3, -0.25) is 19.3 Å². The molecule has 4 rings (SSSR count). The van der Waals surface area contributed by atoms with Crippen molar-refractivity contribution in [2.45, 2.75) is 19.1 Å². The number of aryl methyl sites for hydroxylation is 2. The van der Waals surface area contributed by atoms with Gasteiger partial charge in [-0.25, -0.2) is 0 Å². The van der Waals surface area contributed by atoms with Gasteiger partial charge in [0.15, 0.2) is 5.82 Å². The Morgan fingerprint density at radius 2 is 2.10 bits per heavy atom. The van der Waals surface area contributed by atoms with Crippen LogP contribution in [0, 0.1) is 0 Å². The molecule has 4 heterocycles. The first-order chi connectivity index (χ1) is 14.2. The summed E-state index contributed by atoms with van der Waals surface area (Å²) >= 11 is 1.58. The van der Waals surface area contributed by atoms with Gasteiger partial charge >= 0.3 is 11.8 Å². The van der Waals surface area contributed by atoms with Crippen molar-refractivity contribution in [3.63, 3.8) is 0 Å². The van der Waals surface area contributed by atoms with Gasteiger partial charge in [0.25, 0.3) is 0 Å². The summed E-state index contributed by atoms with van der Waals surface area (Å²) in [7, 11) is 0. The minimum absolute atomic E-state index is 0.187. The number of pyridine rings is 1. The minimum Gasteiger partial charge on any atom is -0.369 e. The molecular weight excluding hydrogens is 390 g/mol. The highest BCUT2D eigenvalue weighted by Gasteiger charge is 2.29. The van der Waals surface area contributed by atoms with Crippen LogP contribution in [0.5, 0.6) is 0 Å². The van der Waals surface area contributed by atoms with Gasteiger partial charge in [-0.1, -0.05) is 6.07 Å². The van der Waals surface area contributed by atoms with E-state index >= 15 is 0 Å². The fourth-order valence-corrected chi connectivity index (χ4v) is 3.91. The fourth-order valence-electron chi connectivity index (χ4n) is 3.14. The number of hydrogen-bond donors (Lipinski definition) is 1. The predicted octanol–water partition coefficient (Wildman–Crippen LogP) is 2.12. The summed E-state index contributed by atoms with van der Waals surface area (Å²) in [5.41, 5.74) is 1.16. The molecule has 150 valence electrons. The van der Waals surface area contributed by atoms with Crippen LogP contribution in [0.3, 0.4) is 0 Å². The highest BCUT2D eigenvalue weighted by molar-refractivity contribution is 7.10. The van der Waals surface area contributed by atoms with E-state index in [1.54, 1.807) is 40.7 Å². The Hall–Kier alpha value is -3.04. The predicted molar refractivity (Wildman–Crippen MR) is 108 cm³/mol. The molecule has 1 saturated heterocycles. The quantitative estimate of drug-likeness (QED) is 0.650. The van der Waals surface area contributed by atoms with Gasteiger partial charge in [0.2, 0.25) is 0 Å². The molecule has 1 N–H and O–H groups in total. The van der Waals surface area contributed by atoms with E-state index < -0.39 is 11.8 Å². The second-order valence-electron chi connectivity index (χ2n) is 6.65. The molecule has 0 aliphatic carbocycles. The van der Waals surface area contributed by atoms with Crippen LogP contribution in [0.15, 0.2) is 54.3 Å². The van der Waals surface area contributed by atoms with Crippen LogP contribution < -0.4 is 5.32 Å². The van der Waals surface area contributed by atoms with E-state index in [1.807, 2.05) is 29.6 Å². The van der Waals surface area contributed by atoms with Crippen molar-refractivity contribution in [2.24, 2.45) is 0 Å². The Kier molecular flexibility index (Phi) is 5.97. The number of nitrogens with zero attached hydrogens (tertiary/aromatic N) is 4. The van der Waals surface area contributed by atoms with Crippen LogP contribution in [0.1, 0.15) is 16.5 Å². The lowest BCUT2D eigenvalue weighted by atomic mass is 10.2. The number of thiophene rings is 1. The third-order valence-electron chi connectivity index (χ3n) is 4.67. The molecule has 0 radical (unpaired) electrons. The molecule has 1 fully saturated rings. The zero-order valence-corrected chi connectivity index (χ0v) is 16.5. The van der Waals surface area contributed by atoms with Crippen LogP contribution in [-0.4, -0.2) is 51.2 Å². The lowest BCUT2D eigenvalue weighted by Gasteiger charge is -2.31. The molecular formula is C20H21N5O3S. The number of morpholine rings is 1. The van der Waals surface area contributed by atoms with Gasteiger partial charge in [0.1, 0.15) is 6.10 Å². The van der Waals surface area contributed by atoms with Crippen molar-refractivity contribution in [3.8, 4) is 0 Å². The molecule has 3 aromatic rings. The lowest BCUT2D eigenvalue weighted by Crippen LogP contribution is -2.46. The van der Waals surface area contributed by atoms with Crippen molar-refractivity contribution in [2.75, 3.05) is 25.0 Å². The summed E-state index contributed by atoms with van der Waals surface area (Å²) in [5.74, 6) is -0.890. The smallest absolute Gasteiger partial charge is 0.315 e. The first-order valence-electron chi connectivity index (χ1n) is 9.36. The largest absolute Gasteiger partial charge is 0.369 e. The van der Waals surface area contributed by atoms with Crippen LogP contribution >= 0.6 is 11.3 Å². The van der Waals surface area contributed by atoms with Crippen molar-refractivity contribution in [1.29, 1.82) is 0 Å². The summed E-state index contributed by atoms with van der Waals surface area (Å²) in [4.78, 5) is 31.5. The highest BCUT2D eigenvalue weighted by Crippen LogP contribution is 2.26. The molecule has 9 heteroatoms. The number of nitrogens with one attached hydrogen (secondary N) is 1. The fraction of sp³-hybridized carbons (Fsp3) is 0.300. The Bertz CT molecular complexity index is 958. The Balaban J connectivity index is 1.31. The van der Waals surface area contributed by atoms with Crippen LogP contribution in [-0.2, 0) is 27.3 Å². The van der Waals surface area contributed by atoms with Gasteiger partial charge in [-0.05, 0) is 35.6 Å². The number of carbonyl (C=O) groups is 2. The molecule has 3 aromatic heterocycles. The van der Waals surface area contributed by atoms with Gasteiger partial charge in [0.05, 0.1) is 13.2 Å². The number of rotatable bonds is 5. The van der Waals surface area contributed by atoms with Crippen LogP contribution in [0.2, 0.25) is 0 Å². The lowest BCUT2D eigenvalue weighted by molar-refractivity contribution is -0.148. The van der Waals surface area contributed by atoms with E-state index in [1.165, 1.54) is 4.90 Å². The topological polar surface area (TPSA) is 89.3 Å². The number of hydrogen-bond acceptors (Lipinski definition) is 6. The third-order valence-corrected chi connectivity index (χ3v) is 5.63. The SMILES string of the molecule is O=C(Nc1ccn(CCc2ccncc2)n1)C(=O)N1CCOC(c2cccs2)C1. The maximum atomic E-state index is 12.6. The molecule has 1 unspecified atom stereocenters. The second kappa shape index (κ2) is 8.97. The van der Waals surface area contributed by atoms with E-state index in [2.05, 4.69) is 15.4 Å². The van der Waals surface area contributed by atoms with Gasteiger partial charge in [-0.2, -0.15) is 5.10 Å². The van der Waals surface area contributed by atoms with E-state index in [4.69, 9.17) is 4.74 Å². The molecule has 1 atom stereocenters. The van der Waals surface area contributed by atoms with Crippen molar-refractivity contribution >= 4 is 29.0 Å². The molecule has 0 aromatic carbocycles. The van der Waals surface area contributed by atoms with E-state index in [0.717, 1.165) is 16.9 Å². The number of aromatic nitrogens is 3. The molecule has 29 heavy (non-hydrogen) atoms. The molecule has 1 aliphatic rings. The molecule has 0 saturated carbocycles. The van der Waals surface area contributed by atoms with Crippen molar-refractivity contribution in [3.05, 3.63) is 64.7 Å². The van der Waals surface area contributed by atoms with Crippen LogP contribution in [0.25, 0.3) is 0 Å². The van der Waals surface area contributed by atoms with Gasteiger partial charge < -0.3 is 15.0 Å². The maximum absolute atomic E-state index is 12.6. The van der Waals surface area contributed by atoms with E-state index in [-0.39, 0.29) is 6.10 Å². The zero-order valence-electron chi connectivity index (χ0n) is 15.7. The summed E-state index contributed by atoms with van der Waals surface area (Å²) in [6.45, 7) is 1.84. The van der Waals surface area contributed by atoms with Crippen molar-refractivity contribution in [1.82, 2.24) is 19.7 Å². The Morgan fingerprint density at radius 1 is 1.24 bits per heavy atom. The average molecular weight is 411 g/mol. The van der Waals surface area contributed by atoms with Crippen LogP contribution in [0.4, 0.5) is 5.82 Å². The number of ether oxygens (including phenoxy) is 1. The maximum Gasteiger partial charge on any atom is 0.315 e. The Labute approximate surface area is 172 Å². The minimum atomic E-state index is -0.684. The number of amides is 2. The first kappa shape index (κ1) is 19.3. The monoisotopic (exact) mass is 411 g/mol. The zero-order chi connectivity index (χ0) is 20.1.